The largest absolute Gasteiger partial charge is 0.497 e. The first-order valence-electron chi connectivity index (χ1n) is 6.76. The fourth-order valence-electron chi connectivity index (χ4n) is 2.39. The molecule has 2 N–H and O–H groups in total. The van der Waals surface area contributed by atoms with Gasteiger partial charge >= 0.3 is 0 Å². The molecule has 0 radical (unpaired) electrons. The SMILES string of the molecule is COc1ccc(-c2c(-c3ccccc3)oc(N)c2C#N)cc1. The predicted octanol–water partition coefficient (Wildman–Crippen LogP) is 4.08. The summed E-state index contributed by atoms with van der Waals surface area (Å²) in [6.45, 7) is 0. The van der Waals surface area contributed by atoms with Crippen molar-refractivity contribution in [2.45, 2.75) is 0 Å². The molecule has 0 atom stereocenters. The number of methoxy groups -OCH3 is 1. The first-order valence-corrected chi connectivity index (χ1v) is 6.76. The lowest BCUT2D eigenvalue weighted by molar-refractivity contribution is 0.415. The highest BCUT2D eigenvalue weighted by molar-refractivity contribution is 5.87. The zero-order valence-corrected chi connectivity index (χ0v) is 12.0. The third-order valence-corrected chi connectivity index (χ3v) is 3.46. The van der Waals surface area contributed by atoms with Crippen LogP contribution in [-0.4, -0.2) is 7.11 Å². The van der Waals surface area contributed by atoms with Crippen LogP contribution in [0.25, 0.3) is 22.5 Å². The van der Waals surface area contributed by atoms with Crippen LogP contribution in [0.1, 0.15) is 5.56 Å². The number of furan rings is 1. The van der Waals surface area contributed by atoms with Gasteiger partial charge in [0.05, 0.1) is 7.11 Å². The molecule has 2 aromatic carbocycles. The average Bonchev–Trinajstić information content (AvgIpc) is 2.92. The Balaban J connectivity index is 2.22. The van der Waals surface area contributed by atoms with Crippen LogP contribution >= 0.6 is 0 Å². The maximum absolute atomic E-state index is 9.41. The van der Waals surface area contributed by atoms with E-state index in [1.165, 1.54) is 0 Å². The van der Waals surface area contributed by atoms with Gasteiger partial charge in [0, 0.05) is 11.1 Å². The molecule has 0 saturated carbocycles. The molecule has 0 aliphatic rings. The van der Waals surface area contributed by atoms with E-state index in [0.717, 1.165) is 16.9 Å². The van der Waals surface area contributed by atoms with Crippen LogP contribution in [0.3, 0.4) is 0 Å². The van der Waals surface area contributed by atoms with Crippen molar-refractivity contribution in [3.8, 4) is 34.3 Å². The van der Waals surface area contributed by atoms with Gasteiger partial charge in [-0.3, -0.25) is 0 Å². The van der Waals surface area contributed by atoms with Gasteiger partial charge in [-0.2, -0.15) is 5.26 Å². The summed E-state index contributed by atoms with van der Waals surface area (Å²) in [6.07, 6.45) is 0. The predicted molar refractivity (Wildman–Crippen MR) is 85.3 cm³/mol. The van der Waals surface area contributed by atoms with Crippen LogP contribution < -0.4 is 10.5 Å². The van der Waals surface area contributed by atoms with Gasteiger partial charge in [-0.15, -0.1) is 0 Å². The summed E-state index contributed by atoms with van der Waals surface area (Å²) in [5.74, 6) is 1.48. The molecule has 3 aromatic rings. The first-order chi connectivity index (χ1) is 10.7. The second-order valence-corrected chi connectivity index (χ2v) is 4.75. The van der Waals surface area contributed by atoms with Crippen LogP contribution in [0.15, 0.2) is 59.0 Å². The Kier molecular flexibility index (Phi) is 3.55. The van der Waals surface area contributed by atoms with Gasteiger partial charge < -0.3 is 14.9 Å². The maximum Gasteiger partial charge on any atom is 0.209 e. The minimum Gasteiger partial charge on any atom is -0.497 e. The van der Waals surface area contributed by atoms with Crippen LogP contribution in [0, 0.1) is 11.3 Å². The van der Waals surface area contributed by atoms with E-state index in [-0.39, 0.29) is 5.88 Å². The highest BCUT2D eigenvalue weighted by Crippen LogP contribution is 2.40. The Bertz CT molecular complexity index is 828. The van der Waals surface area contributed by atoms with E-state index in [1.54, 1.807) is 7.11 Å². The number of benzene rings is 2. The highest BCUT2D eigenvalue weighted by Gasteiger charge is 2.21. The lowest BCUT2D eigenvalue weighted by atomic mass is 9.98. The molecule has 3 rings (SSSR count). The third kappa shape index (κ3) is 2.29. The van der Waals surface area contributed by atoms with Crippen molar-refractivity contribution in [2.24, 2.45) is 0 Å². The number of ether oxygens (including phenoxy) is 1. The maximum atomic E-state index is 9.41. The molecule has 0 unspecified atom stereocenters. The Morgan fingerprint density at radius 1 is 1.00 bits per heavy atom. The Morgan fingerprint density at radius 2 is 1.68 bits per heavy atom. The Labute approximate surface area is 128 Å². The molecule has 0 fully saturated rings. The fraction of sp³-hybridized carbons (Fsp3) is 0.0556. The number of hydrogen-bond acceptors (Lipinski definition) is 4. The van der Waals surface area contributed by atoms with E-state index in [2.05, 4.69) is 6.07 Å². The van der Waals surface area contributed by atoms with Gasteiger partial charge in [0.15, 0.2) is 0 Å². The molecule has 0 aliphatic heterocycles. The lowest BCUT2D eigenvalue weighted by Gasteiger charge is -2.05. The van der Waals surface area contributed by atoms with E-state index in [0.29, 0.717) is 16.9 Å². The van der Waals surface area contributed by atoms with E-state index in [4.69, 9.17) is 14.9 Å². The molecular weight excluding hydrogens is 276 g/mol. The number of hydrogen-bond donors (Lipinski definition) is 1. The summed E-state index contributed by atoms with van der Waals surface area (Å²) < 4.78 is 10.8. The lowest BCUT2D eigenvalue weighted by Crippen LogP contribution is -1.87. The molecule has 0 saturated heterocycles. The molecule has 4 nitrogen and oxygen atoms in total. The van der Waals surface area contributed by atoms with E-state index >= 15 is 0 Å². The van der Waals surface area contributed by atoms with Gasteiger partial charge in [-0.25, -0.2) is 0 Å². The summed E-state index contributed by atoms with van der Waals surface area (Å²) in [4.78, 5) is 0. The minimum absolute atomic E-state index is 0.132. The van der Waals surface area contributed by atoms with Crippen molar-refractivity contribution in [2.75, 3.05) is 12.8 Å². The van der Waals surface area contributed by atoms with Gasteiger partial charge in [0.25, 0.3) is 0 Å². The highest BCUT2D eigenvalue weighted by atomic mass is 16.5. The van der Waals surface area contributed by atoms with Crippen molar-refractivity contribution in [1.82, 2.24) is 0 Å². The van der Waals surface area contributed by atoms with Crippen molar-refractivity contribution in [3.05, 3.63) is 60.2 Å². The molecule has 4 heteroatoms. The summed E-state index contributed by atoms with van der Waals surface area (Å²) in [6, 6.07) is 19.2. The van der Waals surface area contributed by atoms with E-state index in [9.17, 15) is 5.26 Å². The molecular formula is C18H14N2O2. The molecule has 0 aliphatic carbocycles. The summed E-state index contributed by atoms with van der Waals surface area (Å²) in [5, 5.41) is 9.41. The monoisotopic (exact) mass is 290 g/mol. The molecule has 22 heavy (non-hydrogen) atoms. The van der Waals surface area contributed by atoms with Gasteiger partial charge in [-0.05, 0) is 17.7 Å². The Hall–Kier alpha value is -3.19. The van der Waals surface area contributed by atoms with Gasteiger partial charge in [0.1, 0.15) is 23.1 Å². The topological polar surface area (TPSA) is 72.2 Å². The van der Waals surface area contributed by atoms with Crippen LogP contribution in [-0.2, 0) is 0 Å². The molecule has 108 valence electrons. The number of nitrogens with zero attached hydrogens (tertiary/aromatic N) is 1. The van der Waals surface area contributed by atoms with Crippen LogP contribution in [0.5, 0.6) is 5.75 Å². The molecule has 0 amide bonds. The standard InChI is InChI=1S/C18H14N2O2/c1-21-14-9-7-12(8-10-14)16-15(11-19)18(20)22-17(16)13-5-3-2-4-6-13/h2-10H,20H2,1H3. The minimum atomic E-state index is 0.132. The number of rotatable bonds is 3. The summed E-state index contributed by atoms with van der Waals surface area (Å²) >= 11 is 0. The smallest absolute Gasteiger partial charge is 0.209 e. The van der Waals surface area contributed by atoms with Gasteiger partial charge in [-0.1, -0.05) is 42.5 Å². The third-order valence-electron chi connectivity index (χ3n) is 3.46. The molecule has 1 aromatic heterocycles. The average molecular weight is 290 g/mol. The zero-order valence-electron chi connectivity index (χ0n) is 12.0. The normalized spacial score (nSPS) is 10.2. The summed E-state index contributed by atoms with van der Waals surface area (Å²) in [7, 11) is 1.61. The van der Waals surface area contributed by atoms with E-state index in [1.807, 2.05) is 54.6 Å². The second-order valence-electron chi connectivity index (χ2n) is 4.75. The van der Waals surface area contributed by atoms with Crippen molar-refractivity contribution < 1.29 is 9.15 Å². The van der Waals surface area contributed by atoms with Crippen molar-refractivity contribution in [3.63, 3.8) is 0 Å². The fourth-order valence-corrected chi connectivity index (χ4v) is 2.39. The summed E-state index contributed by atoms with van der Waals surface area (Å²) in [5.41, 5.74) is 8.66. The second kappa shape index (κ2) is 5.66. The number of nitriles is 1. The van der Waals surface area contributed by atoms with Gasteiger partial charge in [0.2, 0.25) is 5.88 Å². The number of nitrogen functional groups attached to an aromatic ring is 1. The molecule has 0 spiro atoms. The molecule has 0 bridgehead atoms. The Morgan fingerprint density at radius 3 is 2.27 bits per heavy atom. The zero-order chi connectivity index (χ0) is 15.5. The number of nitrogens with two attached hydrogens (primary N) is 1. The number of anilines is 1. The van der Waals surface area contributed by atoms with E-state index < -0.39 is 0 Å². The quantitative estimate of drug-likeness (QED) is 0.789. The van der Waals surface area contributed by atoms with Crippen LogP contribution in [0.2, 0.25) is 0 Å². The van der Waals surface area contributed by atoms with Crippen molar-refractivity contribution >= 4 is 5.88 Å². The van der Waals surface area contributed by atoms with Crippen molar-refractivity contribution in [1.29, 1.82) is 5.26 Å². The van der Waals surface area contributed by atoms with Crippen LogP contribution in [0.4, 0.5) is 5.88 Å². The molecule has 1 heterocycles. The first kappa shape index (κ1) is 13.8.